The van der Waals surface area contributed by atoms with Crippen LogP contribution in [0.5, 0.6) is 0 Å². The fraction of sp³-hybridized carbons (Fsp3) is 0.158. The lowest BCUT2D eigenvalue weighted by Gasteiger charge is -2.10. The van der Waals surface area contributed by atoms with Crippen LogP contribution >= 0.6 is 0 Å². The van der Waals surface area contributed by atoms with E-state index in [9.17, 15) is 4.79 Å². The summed E-state index contributed by atoms with van der Waals surface area (Å²) in [6.45, 7) is 1.96. The number of para-hydroxylation sites is 1. The fourth-order valence-electron chi connectivity index (χ4n) is 2.80. The second kappa shape index (κ2) is 6.33. The van der Waals surface area contributed by atoms with Gasteiger partial charge in [0.05, 0.1) is 5.69 Å². The number of fused-ring (bicyclic) bond motifs is 1. The third-order valence-electron chi connectivity index (χ3n) is 4.02. The molecule has 0 aliphatic carbocycles. The number of rotatable bonds is 2. The standard InChI is InChI=1S/C19H16N6O/c1-3-16-20-18-17(19(26)25(16)14-7-5-4-6-8-14)15(21-22-18)10-9-13-11-12-24(2)23-13/h4-8,11-12H,3H2,1-2H3,(H,21,22). The summed E-state index contributed by atoms with van der Waals surface area (Å²) in [6, 6.07) is 11.3. The maximum atomic E-state index is 13.2. The summed E-state index contributed by atoms with van der Waals surface area (Å²) in [4.78, 5) is 17.7. The normalized spacial score (nSPS) is 10.7. The predicted molar refractivity (Wildman–Crippen MR) is 98.1 cm³/mol. The first-order chi connectivity index (χ1) is 12.7. The third-order valence-corrected chi connectivity index (χ3v) is 4.02. The Balaban J connectivity index is 1.93. The van der Waals surface area contributed by atoms with Crippen molar-refractivity contribution < 1.29 is 0 Å². The van der Waals surface area contributed by atoms with Gasteiger partial charge in [-0.25, -0.2) is 4.98 Å². The molecular weight excluding hydrogens is 328 g/mol. The molecule has 4 rings (SSSR count). The average molecular weight is 344 g/mol. The molecule has 1 aromatic carbocycles. The summed E-state index contributed by atoms with van der Waals surface area (Å²) in [7, 11) is 1.82. The van der Waals surface area contributed by atoms with Crippen LogP contribution in [0.15, 0.2) is 47.4 Å². The Morgan fingerprint density at radius 2 is 1.96 bits per heavy atom. The summed E-state index contributed by atoms with van der Waals surface area (Å²) < 4.78 is 3.29. The fourth-order valence-corrected chi connectivity index (χ4v) is 2.80. The van der Waals surface area contributed by atoms with Crippen molar-refractivity contribution in [3.63, 3.8) is 0 Å². The first kappa shape index (κ1) is 15.8. The molecule has 0 unspecified atom stereocenters. The molecule has 0 atom stereocenters. The molecule has 0 saturated carbocycles. The van der Waals surface area contributed by atoms with Crippen molar-refractivity contribution in [1.29, 1.82) is 0 Å². The van der Waals surface area contributed by atoms with Gasteiger partial charge < -0.3 is 0 Å². The lowest BCUT2D eigenvalue weighted by Crippen LogP contribution is -2.23. The topological polar surface area (TPSA) is 81.4 Å². The molecule has 4 aromatic rings. The minimum atomic E-state index is -0.183. The molecule has 26 heavy (non-hydrogen) atoms. The van der Waals surface area contributed by atoms with Crippen LogP contribution in [0.4, 0.5) is 0 Å². The number of nitrogens with zero attached hydrogens (tertiary/aromatic N) is 5. The van der Waals surface area contributed by atoms with Gasteiger partial charge in [-0.05, 0) is 30.0 Å². The number of aromatic nitrogens is 6. The molecule has 0 saturated heterocycles. The SMILES string of the molecule is CCc1nc2n[nH]c(C#Cc3ccn(C)n3)c2c(=O)n1-c1ccccc1. The Morgan fingerprint density at radius 1 is 1.15 bits per heavy atom. The number of aryl methyl sites for hydroxylation is 2. The van der Waals surface area contributed by atoms with Crippen LogP contribution in [0, 0.1) is 11.8 Å². The van der Waals surface area contributed by atoms with Gasteiger partial charge in [-0.15, -0.1) is 0 Å². The van der Waals surface area contributed by atoms with E-state index in [-0.39, 0.29) is 5.56 Å². The number of H-pyrrole nitrogens is 1. The van der Waals surface area contributed by atoms with Crippen molar-refractivity contribution in [2.75, 3.05) is 0 Å². The van der Waals surface area contributed by atoms with Gasteiger partial charge in [0.1, 0.15) is 22.6 Å². The van der Waals surface area contributed by atoms with Gasteiger partial charge in [-0.3, -0.25) is 19.1 Å². The van der Waals surface area contributed by atoms with Gasteiger partial charge in [0.25, 0.3) is 5.56 Å². The van der Waals surface area contributed by atoms with Gasteiger partial charge in [0, 0.05) is 19.7 Å². The Kier molecular flexibility index (Phi) is 3.86. The van der Waals surface area contributed by atoms with E-state index >= 15 is 0 Å². The molecule has 3 aromatic heterocycles. The maximum absolute atomic E-state index is 13.2. The molecule has 128 valence electrons. The smallest absolute Gasteiger partial charge is 0.270 e. The monoisotopic (exact) mass is 344 g/mol. The molecule has 1 N–H and O–H groups in total. The molecule has 0 spiro atoms. The van der Waals surface area contributed by atoms with Gasteiger partial charge in [0.15, 0.2) is 5.65 Å². The Labute approximate surface area is 149 Å². The highest BCUT2D eigenvalue weighted by atomic mass is 16.1. The van der Waals surface area contributed by atoms with E-state index in [0.29, 0.717) is 34.7 Å². The molecule has 0 fully saturated rings. The third kappa shape index (κ3) is 2.67. The van der Waals surface area contributed by atoms with Crippen molar-refractivity contribution in [3.05, 3.63) is 70.2 Å². The zero-order chi connectivity index (χ0) is 18.1. The molecule has 0 aliphatic rings. The van der Waals surface area contributed by atoms with Crippen molar-refractivity contribution in [2.24, 2.45) is 7.05 Å². The van der Waals surface area contributed by atoms with Crippen LogP contribution in [-0.2, 0) is 13.5 Å². The van der Waals surface area contributed by atoms with E-state index in [0.717, 1.165) is 5.69 Å². The Bertz CT molecular complexity index is 1200. The lowest BCUT2D eigenvalue weighted by atomic mass is 10.2. The van der Waals surface area contributed by atoms with Crippen LogP contribution in [0.25, 0.3) is 16.7 Å². The summed E-state index contributed by atoms with van der Waals surface area (Å²) in [5.74, 6) is 6.56. The molecule has 0 aliphatic heterocycles. The van der Waals surface area contributed by atoms with Crippen LogP contribution in [0.3, 0.4) is 0 Å². The summed E-state index contributed by atoms with van der Waals surface area (Å²) >= 11 is 0. The van der Waals surface area contributed by atoms with Crippen LogP contribution in [0.1, 0.15) is 24.1 Å². The largest absolute Gasteiger partial charge is 0.275 e. The van der Waals surface area contributed by atoms with E-state index in [2.05, 4.69) is 32.1 Å². The van der Waals surface area contributed by atoms with Crippen molar-refractivity contribution in [2.45, 2.75) is 13.3 Å². The molecular formula is C19H16N6O. The Hall–Kier alpha value is -3.66. The highest BCUT2D eigenvalue weighted by molar-refractivity contribution is 5.80. The van der Waals surface area contributed by atoms with E-state index in [1.54, 1.807) is 15.3 Å². The number of hydrogen-bond acceptors (Lipinski definition) is 4. The van der Waals surface area contributed by atoms with Crippen LogP contribution in [0.2, 0.25) is 0 Å². The zero-order valence-corrected chi connectivity index (χ0v) is 14.4. The second-order valence-corrected chi connectivity index (χ2v) is 5.78. The van der Waals surface area contributed by atoms with Crippen molar-refractivity contribution in [3.8, 4) is 17.5 Å². The van der Waals surface area contributed by atoms with Crippen molar-refractivity contribution in [1.82, 2.24) is 29.5 Å². The summed E-state index contributed by atoms with van der Waals surface area (Å²) in [5, 5.41) is 11.6. The number of aromatic amines is 1. The number of hydrogen-bond donors (Lipinski definition) is 1. The molecule has 0 bridgehead atoms. The molecule has 7 nitrogen and oxygen atoms in total. The highest BCUT2D eigenvalue weighted by Crippen LogP contribution is 2.14. The summed E-state index contributed by atoms with van der Waals surface area (Å²) in [5.41, 5.74) is 2.03. The van der Waals surface area contributed by atoms with Crippen LogP contribution in [-0.4, -0.2) is 29.5 Å². The first-order valence-corrected chi connectivity index (χ1v) is 8.24. The van der Waals surface area contributed by atoms with E-state index in [1.807, 2.05) is 50.5 Å². The molecule has 7 heteroatoms. The first-order valence-electron chi connectivity index (χ1n) is 8.24. The summed E-state index contributed by atoms with van der Waals surface area (Å²) in [6.07, 6.45) is 2.43. The van der Waals surface area contributed by atoms with Gasteiger partial charge in [-0.2, -0.15) is 10.2 Å². The van der Waals surface area contributed by atoms with Crippen molar-refractivity contribution >= 4 is 11.0 Å². The minimum absolute atomic E-state index is 0.183. The van der Waals surface area contributed by atoms with E-state index < -0.39 is 0 Å². The zero-order valence-electron chi connectivity index (χ0n) is 14.4. The molecule has 0 amide bonds. The molecule has 0 radical (unpaired) electrons. The van der Waals surface area contributed by atoms with Gasteiger partial charge >= 0.3 is 0 Å². The van der Waals surface area contributed by atoms with Crippen LogP contribution < -0.4 is 5.56 Å². The van der Waals surface area contributed by atoms with E-state index in [4.69, 9.17) is 0 Å². The van der Waals surface area contributed by atoms with Gasteiger partial charge in [-0.1, -0.05) is 25.1 Å². The minimum Gasteiger partial charge on any atom is -0.275 e. The predicted octanol–water partition coefficient (Wildman–Crippen LogP) is 1.80. The second-order valence-electron chi connectivity index (χ2n) is 5.78. The number of nitrogens with one attached hydrogen (secondary N) is 1. The van der Waals surface area contributed by atoms with E-state index in [1.165, 1.54) is 0 Å². The maximum Gasteiger partial charge on any atom is 0.270 e. The lowest BCUT2D eigenvalue weighted by molar-refractivity contribution is 0.764. The highest BCUT2D eigenvalue weighted by Gasteiger charge is 2.16. The Morgan fingerprint density at radius 3 is 2.65 bits per heavy atom. The number of benzene rings is 1. The molecule has 3 heterocycles. The average Bonchev–Trinajstić information content (AvgIpc) is 3.26. The quantitative estimate of drug-likeness (QED) is 0.562. The van der Waals surface area contributed by atoms with Gasteiger partial charge in [0.2, 0.25) is 0 Å².